The Morgan fingerprint density at radius 2 is 1.72 bits per heavy atom. The summed E-state index contributed by atoms with van der Waals surface area (Å²) in [7, 11) is 0. The highest BCUT2D eigenvalue weighted by atomic mass is 16.5. The van der Waals surface area contributed by atoms with Crippen molar-refractivity contribution in [3.63, 3.8) is 0 Å². The monoisotopic (exact) mass is 439 g/mol. The number of fused-ring (bicyclic) bond motifs is 1. The van der Waals surface area contributed by atoms with Crippen LogP contribution in [0.4, 0.5) is 0 Å². The molecule has 8 nitrogen and oxygen atoms in total. The molecule has 1 aromatic heterocycles. The summed E-state index contributed by atoms with van der Waals surface area (Å²) in [5.41, 5.74) is 1.07. The van der Waals surface area contributed by atoms with E-state index in [2.05, 4.69) is 5.32 Å². The first kappa shape index (κ1) is 22.9. The lowest BCUT2D eigenvalue weighted by atomic mass is 10.1. The zero-order chi connectivity index (χ0) is 22.8. The predicted molar refractivity (Wildman–Crippen MR) is 116 cm³/mol. The topological polar surface area (TPSA) is 104 Å². The van der Waals surface area contributed by atoms with Crippen molar-refractivity contribution in [3.05, 3.63) is 65.9 Å². The largest absolute Gasteiger partial charge is 0.489 e. The first-order chi connectivity index (χ1) is 15.6. The molecule has 1 heterocycles. The Bertz CT molecular complexity index is 1060. The van der Waals surface area contributed by atoms with Gasteiger partial charge in [0, 0.05) is 18.4 Å². The van der Waals surface area contributed by atoms with E-state index in [1.54, 1.807) is 19.1 Å². The Hall–Kier alpha value is -3.81. The fourth-order valence-electron chi connectivity index (χ4n) is 3.02. The van der Waals surface area contributed by atoms with Gasteiger partial charge >= 0.3 is 11.9 Å². The molecule has 1 amide bonds. The van der Waals surface area contributed by atoms with Crippen LogP contribution in [-0.4, -0.2) is 37.6 Å². The lowest BCUT2D eigenvalue weighted by Crippen LogP contribution is -2.30. The fraction of sp³-hybridized carbons (Fsp3) is 0.292. The number of carbonyl (C=O) groups is 3. The SMILES string of the molecule is CCOC(=O)CCCNC(=O)COC(=O)c1oc2ccccc2c1COc1ccccc1. The maximum absolute atomic E-state index is 12.6. The molecule has 0 saturated heterocycles. The van der Waals surface area contributed by atoms with Crippen LogP contribution in [0.15, 0.2) is 59.0 Å². The predicted octanol–water partition coefficient (Wildman–Crippen LogP) is 3.63. The normalized spacial score (nSPS) is 10.5. The van der Waals surface area contributed by atoms with Crippen molar-refractivity contribution in [1.29, 1.82) is 0 Å². The summed E-state index contributed by atoms with van der Waals surface area (Å²) in [5, 5.41) is 3.33. The summed E-state index contributed by atoms with van der Waals surface area (Å²) in [5.74, 6) is -0.894. The third kappa shape index (κ3) is 6.34. The molecule has 0 fully saturated rings. The number of rotatable bonds is 11. The van der Waals surface area contributed by atoms with Gasteiger partial charge in [-0.2, -0.15) is 0 Å². The molecule has 0 saturated carbocycles. The summed E-state index contributed by atoms with van der Waals surface area (Å²) in [4.78, 5) is 35.9. The minimum absolute atomic E-state index is 0.00255. The molecule has 32 heavy (non-hydrogen) atoms. The minimum atomic E-state index is -0.755. The number of amides is 1. The van der Waals surface area contributed by atoms with Gasteiger partial charge in [0.1, 0.15) is 17.9 Å². The van der Waals surface area contributed by atoms with E-state index >= 15 is 0 Å². The van der Waals surface area contributed by atoms with E-state index in [0.29, 0.717) is 29.9 Å². The van der Waals surface area contributed by atoms with Crippen LogP contribution in [0.2, 0.25) is 0 Å². The van der Waals surface area contributed by atoms with Crippen LogP contribution in [0.5, 0.6) is 5.75 Å². The maximum Gasteiger partial charge on any atom is 0.375 e. The molecule has 2 aromatic carbocycles. The van der Waals surface area contributed by atoms with E-state index in [1.165, 1.54) is 0 Å². The summed E-state index contributed by atoms with van der Waals surface area (Å²) >= 11 is 0. The number of furan rings is 1. The van der Waals surface area contributed by atoms with E-state index < -0.39 is 18.5 Å². The number of hydrogen-bond donors (Lipinski definition) is 1. The minimum Gasteiger partial charge on any atom is -0.489 e. The number of hydrogen-bond acceptors (Lipinski definition) is 7. The van der Waals surface area contributed by atoms with Crippen LogP contribution in [0.25, 0.3) is 11.0 Å². The van der Waals surface area contributed by atoms with E-state index in [9.17, 15) is 14.4 Å². The van der Waals surface area contributed by atoms with Crippen LogP contribution >= 0.6 is 0 Å². The molecule has 0 aliphatic heterocycles. The van der Waals surface area contributed by atoms with E-state index in [1.807, 2.05) is 42.5 Å². The molecule has 3 rings (SSSR count). The molecule has 168 valence electrons. The molecule has 0 atom stereocenters. The van der Waals surface area contributed by atoms with Gasteiger partial charge in [0.2, 0.25) is 5.76 Å². The number of ether oxygens (including phenoxy) is 3. The molecule has 0 unspecified atom stereocenters. The smallest absolute Gasteiger partial charge is 0.375 e. The van der Waals surface area contributed by atoms with Crippen molar-refractivity contribution < 1.29 is 33.0 Å². The van der Waals surface area contributed by atoms with Crippen LogP contribution in [0.3, 0.4) is 0 Å². The number of para-hydroxylation sites is 2. The van der Waals surface area contributed by atoms with Crippen LogP contribution < -0.4 is 10.1 Å². The van der Waals surface area contributed by atoms with Gasteiger partial charge in [0.15, 0.2) is 6.61 Å². The third-order valence-corrected chi connectivity index (χ3v) is 4.53. The maximum atomic E-state index is 12.6. The van der Waals surface area contributed by atoms with Gasteiger partial charge in [-0.15, -0.1) is 0 Å². The molecule has 0 bridgehead atoms. The van der Waals surface area contributed by atoms with E-state index in [-0.39, 0.29) is 31.3 Å². The third-order valence-electron chi connectivity index (χ3n) is 4.53. The average Bonchev–Trinajstić information content (AvgIpc) is 3.18. The van der Waals surface area contributed by atoms with Crippen molar-refractivity contribution in [3.8, 4) is 5.75 Å². The van der Waals surface area contributed by atoms with Crippen molar-refractivity contribution in [2.75, 3.05) is 19.8 Å². The molecule has 3 aromatic rings. The second-order valence-electron chi connectivity index (χ2n) is 6.84. The van der Waals surface area contributed by atoms with Crippen molar-refractivity contribution in [2.24, 2.45) is 0 Å². The average molecular weight is 439 g/mol. The molecule has 0 aliphatic rings. The van der Waals surface area contributed by atoms with Gasteiger partial charge in [-0.25, -0.2) is 4.79 Å². The second-order valence-corrected chi connectivity index (χ2v) is 6.84. The van der Waals surface area contributed by atoms with Gasteiger partial charge < -0.3 is 23.9 Å². The van der Waals surface area contributed by atoms with Gasteiger partial charge in [0.05, 0.1) is 12.2 Å². The molecule has 1 N–H and O–H groups in total. The van der Waals surface area contributed by atoms with Gasteiger partial charge in [-0.1, -0.05) is 36.4 Å². The quantitative estimate of drug-likeness (QED) is 0.359. The summed E-state index contributed by atoms with van der Waals surface area (Å²) in [6.45, 7) is 1.96. The van der Waals surface area contributed by atoms with E-state index in [4.69, 9.17) is 18.6 Å². The standard InChI is InChI=1S/C24H25NO7/c1-2-29-22(27)13-8-14-25-21(26)16-31-24(28)23-19(15-30-17-9-4-3-5-10-17)18-11-6-7-12-20(18)32-23/h3-7,9-12H,2,8,13-16H2,1H3,(H,25,26). The van der Waals surface area contributed by atoms with Gasteiger partial charge in [0.25, 0.3) is 5.91 Å². The van der Waals surface area contributed by atoms with Crippen molar-refractivity contribution >= 4 is 28.8 Å². The molecule has 0 radical (unpaired) electrons. The second kappa shape index (κ2) is 11.5. The highest BCUT2D eigenvalue weighted by molar-refractivity contribution is 5.96. The first-order valence-electron chi connectivity index (χ1n) is 10.4. The van der Waals surface area contributed by atoms with Gasteiger partial charge in [-0.3, -0.25) is 9.59 Å². The highest BCUT2D eigenvalue weighted by Gasteiger charge is 2.23. The zero-order valence-corrected chi connectivity index (χ0v) is 17.8. The molecule has 0 aliphatic carbocycles. The zero-order valence-electron chi connectivity index (χ0n) is 17.8. The van der Waals surface area contributed by atoms with Crippen LogP contribution in [0.1, 0.15) is 35.9 Å². The lowest BCUT2D eigenvalue weighted by molar-refractivity contribution is -0.143. The van der Waals surface area contributed by atoms with Crippen molar-refractivity contribution in [2.45, 2.75) is 26.4 Å². The number of benzene rings is 2. The van der Waals surface area contributed by atoms with Crippen molar-refractivity contribution in [1.82, 2.24) is 5.32 Å². The van der Waals surface area contributed by atoms with E-state index in [0.717, 1.165) is 5.39 Å². The lowest BCUT2D eigenvalue weighted by Gasteiger charge is -2.08. The molecular weight excluding hydrogens is 414 g/mol. The Morgan fingerprint density at radius 1 is 0.969 bits per heavy atom. The van der Waals surface area contributed by atoms with Crippen LogP contribution in [-0.2, 0) is 25.7 Å². The Kier molecular flexibility index (Phi) is 8.25. The summed E-state index contributed by atoms with van der Waals surface area (Å²) in [6.07, 6.45) is 0.640. The number of esters is 2. The van der Waals surface area contributed by atoms with Gasteiger partial charge in [-0.05, 0) is 31.5 Å². The number of carbonyl (C=O) groups excluding carboxylic acids is 3. The fourth-order valence-corrected chi connectivity index (χ4v) is 3.02. The highest BCUT2D eigenvalue weighted by Crippen LogP contribution is 2.28. The number of nitrogens with one attached hydrogen (secondary N) is 1. The molecule has 8 heteroatoms. The Morgan fingerprint density at radius 3 is 2.50 bits per heavy atom. The first-order valence-corrected chi connectivity index (χ1v) is 10.4. The summed E-state index contributed by atoms with van der Waals surface area (Å²) in [6, 6.07) is 16.4. The Labute approximate surface area is 185 Å². The molecule has 0 spiro atoms. The summed E-state index contributed by atoms with van der Waals surface area (Å²) < 4.78 is 21.4. The Balaban J connectivity index is 1.57. The van der Waals surface area contributed by atoms with Crippen LogP contribution in [0, 0.1) is 0 Å². The molecular formula is C24H25NO7.